The van der Waals surface area contributed by atoms with Crippen LogP contribution in [-0.4, -0.2) is 19.5 Å². The van der Waals surface area contributed by atoms with Gasteiger partial charge in [0.2, 0.25) is 0 Å². The largest absolute Gasteiger partial charge is 0.480 e. The SMILES string of the molecule is O=C(O)C(c1ccccc1)[SH](=O)=O. The molecule has 13 heavy (non-hydrogen) atoms. The molecule has 0 aliphatic heterocycles. The monoisotopic (exact) mass is 200 g/mol. The molecule has 0 aliphatic rings. The molecule has 0 saturated carbocycles. The van der Waals surface area contributed by atoms with Gasteiger partial charge < -0.3 is 5.11 Å². The van der Waals surface area contributed by atoms with Crippen LogP contribution in [0.1, 0.15) is 10.8 Å². The minimum atomic E-state index is -2.98. The van der Waals surface area contributed by atoms with Gasteiger partial charge in [-0.2, -0.15) is 0 Å². The van der Waals surface area contributed by atoms with Crippen LogP contribution in [0.4, 0.5) is 0 Å². The van der Waals surface area contributed by atoms with Gasteiger partial charge in [0.15, 0.2) is 16.0 Å². The number of hydrogen-bond donors (Lipinski definition) is 2. The predicted octanol–water partition coefficient (Wildman–Crippen LogP) is 0.424. The number of carbonyl (C=O) groups is 1. The first-order valence-corrected chi connectivity index (χ1v) is 4.79. The Morgan fingerprint density at radius 2 is 1.77 bits per heavy atom. The Morgan fingerprint density at radius 3 is 2.15 bits per heavy atom. The van der Waals surface area contributed by atoms with Crippen molar-refractivity contribution in [2.75, 3.05) is 0 Å². The van der Waals surface area contributed by atoms with Crippen molar-refractivity contribution in [3.8, 4) is 0 Å². The Bertz CT molecular complexity index is 361. The van der Waals surface area contributed by atoms with Gasteiger partial charge in [0, 0.05) is 0 Å². The molecule has 0 bridgehead atoms. The first-order valence-electron chi connectivity index (χ1n) is 3.54. The van der Waals surface area contributed by atoms with Crippen molar-refractivity contribution in [3.63, 3.8) is 0 Å². The molecule has 1 rings (SSSR count). The van der Waals surface area contributed by atoms with Crippen LogP contribution < -0.4 is 0 Å². The number of aliphatic carboxylic acids is 1. The number of rotatable bonds is 3. The zero-order chi connectivity index (χ0) is 9.84. The van der Waals surface area contributed by atoms with Crippen LogP contribution in [0.2, 0.25) is 0 Å². The minimum Gasteiger partial charge on any atom is -0.480 e. The molecule has 5 heteroatoms. The molecule has 0 aromatic heterocycles. The number of carboxylic acid groups (broad SMARTS) is 1. The molecule has 0 aliphatic carbocycles. The van der Waals surface area contributed by atoms with E-state index in [4.69, 9.17) is 5.11 Å². The van der Waals surface area contributed by atoms with Gasteiger partial charge in [-0.3, -0.25) is 4.79 Å². The lowest BCUT2D eigenvalue weighted by atomic mass is 10.1. The standard InChI is InChI=1S/C8H8O4S/c9-8(10)7(13(11)12)6-4-2-1-3-5-6/h1-5,7,13H,(H,9,10). The van der Waals surface area contributed by atoms with Gasteiger partial charge in [-0.15, -0.1) is 0 Å². The molecule has 1 N–H and O–H groups in total. The van der Waals surface area contributed by atoms with Crippen LogP contribution in [0.3, 0.4) is 0 Å². The molecular weight excluding hydrogens is 192 g/mol. The van der Waals surface area contributed by atoms with Crippen LogP contribution in [0.15, 0.2) is 30.3 Å². The summed E-state index contributed by atoms with van der Waals surface area (Å²) in [6.07, 6.45) is 0. The van der Waals surface area contributed by atoms with Gasteiger partial charge in [-0.25, -0.2) is 8.42 Å². The van der Waals surface area contributed by atoms with Crippen LogP contribution in [-0.2, 0) is 15.5 Å². The Hall–Kier alpha value is -1.36. The first-order chi connectivity index (χ1) is 6.13. The zero-order valence-electron chi connectivity index (χ0n) is 6.58. The molecular formula is C8H8O4S. The van der Waals surface area contributed by atoms with Gasteiger partial charge in [-0.1, -0.05) is 30.3 Å². The maximum Gasteiger partial charge on any atom is 0.326 e. The topological polar surface area (TPSA) is 71.4 Å². The van der Waals surface area contributed by atoms with E-state index in [0.29, 0.717) is 0 Å². The molecule has 0 fully saturated rings. The fourth-order valence-corrected chi connectivity index (χ4v) is 1.59. The third-order valence-electron chi connectivity index (χ3n) is 1.56. The van der Waals surface area contributed by atoms with Crippen molar-refractivity contribution in [2.45, 2.75) is 5.25 Å². The second-order valence-corrected chi connectivity index (χ2v) is 3.52. The lowest BCUT2D eigenvalue weighted by molar-refractivity contribution is -0.136. The maximum atomic E-state index is 10.6. The van der Waals surface area contributed by atoms with Crippen LogP contribution in [0, 0.1) is 0 Å². The Labute approximate surface area is 76.8 Å². The van der Waals surface area contributed by atoms with Gasteiger partial charge in [-0.05, 0) is 5.56 Å². The van der Waals surface area contributed by atoms with E-state index in [1.165, 1.54) is 12.1 Å². The quantitative estimate of drug-likeness (QED) is 0.694. The molecule has 4 nitrogen and oxygen atoms in total. The summed E-state index contributed by atoms with van der Waals surface area (Å²) >= 11 is 0. The van der Waals surface area contributed by atoms with E-state index < -0.39 is 21.9 Å². The van der Waals surface area contributed by atoms with E-state index in [9.17, 15) is 13.2 Å². The van der Waals surface area contributed by atoms with E-state index in [1.807, 2.05) is 0 Å². The van der Waals surface area contributed by atoms with Crippen molar-refractivity contribution in [2.24, 2.45) is 0 Å². The summed E-state index contributed by atoms with van der Waals surface area (Å²) in [6.45, 7) is 0. The fourth-order valence-electron chi connectivity index (χ4n) is 0.990. The zero-order valence-corrected chi connectivity index (χ0v) is 7.48. The maximum absolute atomic E-state index is 10.6. The predicted molar refractivity (Wildman–Crippen MR) is 47.1 cm³/mol. The average molecular weight is 200 g/mol. The molecule has 1 aromatic carbocycles. The molecule has 0 heterocycles. The number of benzene rings is 1. The highest BCUT2D eigenvalue weighted by atomic mass is 32.2. The van der Waals surface area contributed by atoms with Gasteiger partial charge in [0.05, 0.1) is 0 Å². The summed E-state index contributed by atoms with van der Waals surface area (Å²) in [5, 5.41) is 7.18. The van der Waals surface area contributed by atoms with E-state index in [2.05, 4.69) is 0 Å². The van der Waals surface area contributed by atoms with Crippen LogP contribution in [0.25, 0.3) is 0 Å². The Kier molecular flexibility index (Phi) is 3.02. The highest BCUT2D eigenvalue weighted by molar-refractivity contribution is 7.73. The number of carboxylic acids is 1. The van der Waals surface area contributed by atoms with E-state index in [0.717, 1.165) is 0 Å². The molecule has 0 radical (unpaired) electrons. The molecule has 0 spiro atoms. The molecule has 0 saturated heterocycles. The average Bonchev–Trinajstić information content (AvgIpc) is 2.04. The summed E-state index contributed by atoms with van der Waals surface area (Å²) in [5.74, 6) is -1.35. The third kappa shape index (κ3) is 2.29. The lowest BCUT2D eigenvalue weighted by Crippen LogP contribution is -2.12. The summed E-state index contributed by atoms with van der Waals surface area (Å²) in [7, 11) is -2.98. The molecule has 70 valence electrons. The van der Waals surface area contributed by atoms with E-state index in [-0.39, 0.29) is 5.56 Å². The summed E-state index contributed by atoms with van der Waals surface area (Å²) in [5.41, 5.74) is 0.283. The van der Waals surface area contributed by atoms with Gasteiger partial charge in [0.1, 0.15) is 0 Å². The molecule has 1 atom stereocenters. The Balaban J connectivity index is 3.10. The second kappa shape index (κ2) is 4.04. The number of hydrogen-bond acceptors (Lipinski definition) is 3. The third-order valence-corrected chi connectivity index (χ3v) is 2.50. The molecule has 1 unspecified atom stereocenters. The summed E-state index contributed by atoms with van der Waals surface area (Å²) in [4.78, 5) is 10.6. The van der Waals surface area contributed by atoms with Crippen molar-refractivity contribution >= 4 is 16.7 Å². The van der Waals surface area contributed by atoms with Crippen molar-refractivity contribution in [1.82, 2.24) is 0 Å². The van der Waals surface area contributed by atoms with Crippen LogP contribution in [0.5, 0.6) is 0 Å². The van der Waals surface area contributed by atoms with E-state index in [1.54, 1.807) is 18.2 Å². The van der Waals surface area contributed by atoms with Crippen LogP contribution >= 0.6 is 0 Å². The normalized spacial score (nSPS) is 12.7. The fraction of sp³-hybridized carbons (Fsp3) is 0.125. The smallest absolute Gasteiger partial charge is 0.326 e. The van der Waals surface area contributed by atoms with Gasteiger partial charge in [0.25, 0.3) is 0 Å². The Morgan fingerprint density at radius 1 is 1.23 bits per heavy atom. The highest BCUT2D eigenvalue weighted by Gasteiger charge is 2.22. The minimum absolute atomic E-state index is 0.283. The summed E-state index contributed by atoms with van der Waals surface area (Å²) in [6, 6.07) is 7.85. The number of thiol groups is 1. The molecule has 1 aromatic rings. The van der Waals surface area contributed by atoms with Crippen molar-refractivity contribution < 1.29 is 18.3 Å². The summed E-state index contributed by atoms with van der Waals surface area (Å²) < 4.78 is 21.2. The first kappa shape index (κ1) is 9.73. The van der Waals surface area contributed by atoms with Gasteiger partial charge >= 0.3 is 5.97 Å². The molecule has 0 amide bonds. The van der Waals surface area contributed by atoms with Crippen molar-refractivity contribution in [1.29, 1.82) is 0 Å². The lowest BCUT2D eigenvalue weighted by Gasteiger charge is -2.03. The highest BCUT2D eigenvalue weighted by Crippen LogP contribution is 2.15. The second-order valence-electron chi connectivity index (χ2n) is 2.44. The van der Waals surface area contributed by atoms with E-state index >= 15 is 0 Å². The van der Waals surface area contributed by atoms with Crippen molar-refractivity contribution in [3.05, 3.63) is 35.9 Å².